The monoisotopic (exact) mass is 350 g/mol. The Labute approximate surface area is 149 Å². The van der Waals surface area contributed by atoms with Gasteiger partial charge in [0.15, 0.2) is 4.96 Å². The molecule has 0 aliphatic heterocycles. The summed E-state index contributed by atoms with van der Waals surface area (Å²) in [6.07, 6.45) is 2.96. The van der Waals surface area contributed by atoms with Crippen LogP contribution in [0.5, 0.6) is 5.75 Å². The number of para-hydroxylation sites is 3. The van der Waals surface area contributed by atoms with Gasteiger partial charge in [-0.1, -0.05) is 48.6 Å². The van der Waals surface area contributed by atoms with Crippen LogP contribution in [0.2, 0.25) is 0 Å². The number of fused-ring (bicyclic) bond motifs is 3. The third-order valence-electron chi connectivity index (χ3n) is 4.25. The lowest BCUT2D eigenvalue weighted by atomic mass is 10.2. The molecule has 1 atom stereocenters. The number of rotatable bonds is 4. The van der Waals surface area contributed by atoms with Crippen molar-refractivity contribution in [3.8, 4) is 5.75 Å². The van der Waals surface area contributed by atoms with Gasteiger partial charge in [-0.15, -0.1) is 0 Å². The van der Waals surface area contributed by atoms with Crippen LogP contribution in [0.3, 0.4) is 0 Å². The topological polar surface area (TPSA) is 43.6 Å². The van der Waals surface area contributed by atoms with Gasteiger partial charge < -0.3 is 4.74 Å². The molecule has 25 heavy (non-hydrogen) atoms. The number of benzene rings is 2. The van der Waals surface area contributed by atoms with E-state index in [0.717, 1.165) is 33.7 Å². The highest BCUT2D eigenvalue weighted by Gasteiger charge is 2.11. The first-order valence-electron chi connectivity index (χ1n) is 8.34. The van der Waals surface area contributed by atoms with E-state index in [1.54, 1.807) is 4.40 Å². The van der Waals surface area contributed by atoms with Gasteiger partial charge in [0.25, 0.3) is 5.56 Å². The first kappa shape index (κ1) is 15.8. The quantitative estimate of drug-likeness (QED) is 0.564. The summed E-state index contributed by atoms with van der Waals surface area (Å²) >= 11 is 1.41. The number of hydrogen-bond donors (Lipinski definition) is 0. The Kier molecular flexibility index (Phi) is 4.01. The standard InChI is InChI=1S/C20H18N2O2S/c1-3-13(2)24-17-11-7-4-8-14(17)12-18-19(23)22-16-10-6-5-9-15(16)21-20(22)25-18/h4-13H,3H2,1-2H3/b18-12-/t13-/m1/s1. The molecule has 0 N–H and O–H groups in total. The maximum atomic E-state index is 12.9. The second kappa shape index (κ2) is 6.33. The van der Waals surface area contributed by atoms with E-state index in [1.807, 2.05) is 61.5 Å². The molecule has 0 unspecified atom stereocenters. The van der Waals surface area contributed by atoms with Crippen LogP contribution in [0.1, 0.15) is 25.8 Å². The zero-order valence-electron chi connectivity index (χ0n) is 14.1. The summed E-state index contributed by atoms with van der Waals surface area (Å²) in [4.78, 5) is 18.1. The number of aromatic nitrogens is 2. The van der Waals surface area contributed by atoms with E-state index in [9.17, 15) is 4.79 Å². The predicted octanol–water partition coefficient (Wildman–Crippen LogP) is 3.63. The van der Waals surface area contributed by atoms with Gasteiger partial charge in [-0.25, -0.2) is 9.38 Å². The second-order valence-corrected chi connectivity index (χ2v) is 7.02. The second-order valence-electron chi connectivity index (χ2n) is 6.01. The van der Waals surface area contributed by atoms with Gasteiger partial charge in [-0.05, 0) is 37.6 Å². The molecule has 0 amide bonds. The fourth-order valence-electron chi connectivity index (χ4n) is 2.76. The summed E-state index contributed by atoms with van der Waals surface area (Å²) in [5.74, 6) is 0.798. The van der Waals surface area contributed by atoms with Crippen molar-refractivity contribution in [1.29, 1.82) is 0 Å². The van der Waals surface area contributed by atoms with Crippen molar-refractivity contribution in [2.24, 2.45) is 0 Å². The minimum atomic E-state index is -0.0351. The van der Waals surface area contributed by atoms with Crippen LogP contribution in [0.25, 0.3) is 22.1 Å². The van der Waals surface area contributed by atoms with E-state index >= 15 is 0 Å². The van der Waals surface area contributed by atoms with Crippen molar-refractivity contribution in [3.05, 3.63) is 69.0 Å². The van der Waals surface area contributed by atoms with Gasteiger partial charge in [0.05, 0.1) is 21.7 Å². The molecule has 0 saturated carbocycles. The molecule has 0 bridgehead atoms. The summed E-state index contributed by atoms with van der Waals surface area (Å²) in [5, 5.41) is 0. The maximum Gasteiger partial charge on any atom is 0.274 e. The molecule has 0 saturated heterocycles. The molecular formula is C20H18N2O2S. The first-order chi connectivity index (χ1) is 12.2. The van der Waals surface area contributed by atoms with E-state index in [2.05, 4.69) is 11.9 Å². The van der Waals surface area contributed by atoms with Crippen LogP contribution in [-0.2, 0) is 0 Å². The summed E-state index contributed by atoms with van der Waals surface area (Å²) < 4.78 is 8.33. The fourth-order valence-corrected chi connectivity index (χ4v) is 3.74. The Morgan fingerprint density at radius 2 is 1.96 bits per heavy atom. The molecular weight excluding hydrogens is 332 g/mol. The molecule has 4 rings (SSSR count). The van der Waals surface area contributed by atoms with Crippen molar-refractivity contribution < 1.29 is 4.74 Å². The van der Waals surface area contributed by atoms with Gasteiger partial charge in [0.2, 0.25) is 0 Å². The van der Waals surface area contributed by atoms with E-state index < -0.39 is 0 Å². The molecule has 4 aromatic rings. The number of imidazole rings is 1. The van der Waals surface area contributed by atoms with E-state index in [1.165, 1.54) is 11.3 Å². The molecule has 2 aromatic carbocycles. The van der Waals surface area contributed by atoms with E-state index in [-0.39, 0.29) is 11.7 Å². The molecule has 2 aromatic heterocycles. The Hall–Kier alpha value is -2.66. The number of hydrogen-bond acceptors (Lipinski definition) is 4. The van der Waals surface area contributed by atoms with Crippen LogP contribution in [0.4, 0.5) is 0 Å². The number of nitrogens with zero attached hydrogens (tertiary/aromatic N) is 2. The summed E-state index contributed by atoms with van der Waals surface area (Å²) in [7, 11) is 0. The lowest BCUT2D eigenvalue weighted by molar-refractivity contribution is 0.217. The van der Waals surface area contributed by atoms with Crippen LogP contribution < -0.4 is 14.8 Å². The zero-order valence-corrected chi connectivity index (χ0v) is 14.9. The summed E-state index contributed by atoms with van der Waals surface area (Å²) in [6.45, 7) is 4.13. The number of ether oxygens (including phenoxy) is 1. The van der Waals surface area contributed by atoms with Gasteiger partial charge in [-0.3, -0.25) is 4.79 Å². The van der Waals surface area contributed by atoms with E-state index in [4.69, 9.17) is 4.74 Å². The molecule has 0 aliphatic rings. The molecule has 2 heterocycles. The zero-order chi connectivity index (χ0) is 17.4. The molecule has 0 spiro atoms. The van der Waals surface area contributed by atoms with Crippen LogP contribution in [0.15, 0.2) is 53.3 Å². The minimum absolute atomic E-state index is 0.0351. The lowest BCUT2D eigenvalue weighted by Gasteiger charge is -2.14. The third-order valence-corrected chi connectivity index (χ3v) is 5.22. The Balaban J connectivity index is 1.88. The van der Waals surface area contributed by atoms with Crippen molar-refractivity contribution in [1.82, 2.24) is 9.38 Å². The Morgan fingerprint density at radius 1 is 1.20 bits per heavy atom. The van der Waals surface area contributed by atoms with Gasteiger partial charge in [0, 0.05) is 5.56 Å². The highest BCUT2D eigenvalue weighted by Crippen LogP contribution is 2.21. The van der Waals surface area contributed by atoms with Crippen molar-refractivity contribution in [3.63, 3.8) is 0 Å². The fraction of sp³-hybridized carbons (Fsp3) is 0.200. The molecule has 0 aliphatic carbocycles. The molecule has 5 heteroatoms. The first-order valence-corrected chi connectivity index (χ1v) is 9.16. The highest BCUT2D eigenvalue weighted by molar-refractivity contribution is 7.15. The van der Waals surface area contributed by atoms with Crippen LogP contribution >= 0.6 is 11.3 Å². The third kappa shape index (κ3) is 2.81. The molecule has 126 valence electrons. The smallest absolute Gasteiger partial charge is 0.274 e. The predicted molar refractivity (Wildman–Crippen MR) is 102 cm³/mol. The summed E-state index contributed by atoms with van der Waals surface area (Å²) in [6, 6.07) is 15.5. The lowest BCUT2D eigenvalue weighted by Crippen LogP contribution is -2.22. The van der Waals surface area contributed by atoms with Crippen molar-refractivity contribution in [2.75, 3.05) is 0 Å². The average molecular weight is 350 g/mol. The van der Waals surface area contributed by atoms with Gasteiger partial charge in [0.1, 0.15) is 5.75 Å². The normalized spacial score (nSPS) is 13.6. The van der Waals surface area contributed by atoms with Crippen LogP contribution in [0, 0.1) is 0 Å². The molecule has 0 fully saturated rings. The van der Waals surface area contributed by atoms with Gasteiger partial charge >= 0.3 is 0 Å². The van der Waals surface area contributed by atoms with Gasteiger partial charge in [-0.2, -0.15) is 0 Å². The molecule has 0 radical (unpaired) electrons. The van der Waals surface area contributed by atoms with Crippen LogP contribution in [-0.4, -0.2) is 15.5 Å². The Morgan fingerprint density at radius 3 is 2.80 bits per heavy atom. The van der Waals surface area contributed by atoms with E-state index in [0.29, 0.717) is 4.53 Å². The number of thiazole rings is 1. The maximum absolute atomic E-state index is 12.9. The van der Waals surface area contributed by atoms with Crippen molar-refractivity contribution in [2.45, 2.75) is 26.4 Å². The van der Waals surface area contributed by atoms with Crippen molar-refractivity contribution >= 4 is 33.4 Å². The summed E-state index contributed by atoms with van der Waals surface area (Å²) in [5.41, 5.74) is 2.57. The Bertz CT molecular complexity index is 1160. The molecule has 4 nitrogen and oxygen atoms in total. The average Bonchev–Trinajstić information content (AvgIpc) is 3.13. The highest BCUT2D eigenvalue weighted by atomic mass is 32.1. The largest absolute Gasteiger partial charge is 0.490 e. The minimum Gasteiger partial charge on any atom is -0.490 e. The SMILES string of the molecule is CC[C@@H](C)Oc1ccccc1/C=c1\sc2nc3ccccc3n2c1=O.